The lowest BCUT2D eigenvalue weighted by atomic mass is 9.92. The molecular formula is C14H21FN2O2. The van der Waals surface area contributed by atoms with Crippen LogP contribution in [0.1, 0.15) is 19.4 Å². The van der Waals surface area contributed by atoms with Gasteiger partial charge in [-0.15, -0.1) is 0 Å². The maximum atomic E-state index is 13.6. The Labute approximate surface area is 113 Å². The van der Waals surface area contributed by atoms with Gasteiger partial charge in [-0.3, -0.25) is 4.79 Å². The Bertz CT molecular complexity index is 461. The van der Waals surface area contributed by atoms with Crippen LogP contribution in [0.5, 0.6) is 5.75 Å². The third kappa shape index (κ3) is 3.67. The predicted molar refractivity (Wildman–Crippen MR) is 72.3 cm³/mol. The summed E-state index contributed by atoms with van der Waals surface area (Å²) in [4.78, 5) is 13.7. The number of amides is 1. The molecular weight excluding hydrogens is 247 g/mol. The fraction of sp³-hybridized carbons (Fsp3) is 0.500. The van der Waals surface area contributed by atoms with Gasteiger partial charge in [0.2, 0.25) is 5.91 Å². The van der Waals surface area contributed by atoms with Gasteiger partial charge in [0.25, 0.3) is 0 Å². The van der Waals surface area contributed by atoms with Crippen molar-refractivity contribution in [2.75, 3.05) is 20.7 Å². The minimum Gasteiger partial charge on any atom is -0.494 e. The highest BCUT2D eigenvalue weighted by Crippen LogP contribution is 2.21. The zero-order chi connectivity index (χ0) is 14.6. The van der Waals surface area contributed by atoms with Crippen LogP contribution in [-0.2, 0) is 11.3 Å². The molecule has 0 aliphatic heterocycles. The fourth-order valence-corrected chi connectivity index (χ4v) is 1.76. The van der Waals surface area contributed by atoms with Gasteiger partial charge in [-0.25, -0.2) is 4.39 Å². The van der Waals surface area contributed by atoms with Crippen LogP contribution < -0.4 is 10.5 Å². The van der Waals surface area contributed by atoms with Crippen molar-refractivity contribution in [3.8, 4) is 5.75 Å². The van der Waals surface area contributed by atoms with E-state index in [1.165, 1.54) is 13.2 Å². The molecule has 0 aliphatic carbocycles. The van der Waals surface area contributed by atoms with Crippen LogP contribution in [0.15, 0.2) is 18.2 Å². The van der Waals surface area contributed by atoms with Gasteiger partial charge in [-0.1, -0.05) is 6.07 Å². The van der Waals surface area contributed by atoms with Gasteiger partial charge in [0, 0.05) is 20.1 Å². The normalized spacial score (nSPS) is 11.3. The smallest absolute Gasteiger partial charge is 0.229 e. The Balaban J connectivity index is 2.80. The molecule has 1 aromatic carbocycles. The quantitative estimate of drug-likeness (QED) is 0.885. The molecule has 1 rings (SSSR count). The Morgan fingerprint density at radius 3 is 2.58 bits per heavy atom. The van der Waals surface area contributed by atoms with Gasteiger partial charge in [-0.2, -0.15) is 0 Å². The van der Waals surface area contributed by atoms with E-state index in [0.29, 0.717) is 12.1 Å². The minimum atomic E-state index is -0.611. The Kier molecular flexibility index (Phi) is 4.89. The first-order valence-corrected chi connectivity index (χ1v) is 6.10. The molecule has 0 heterocycles. The summed E-state index contributed by atoms with van der Waals surface area (Å²) in [7, 11) is 3.10. The second-order valence-corrected chi connectivity index (χ2v) is 5.22. The van der Waals surface area contributed by atoms with Crippen LogP contribution in [0.3, 0.4) is 0 Å². The Morgan fingerprint density at radius 1 is 1.47 bits per heavy atom. The lowest BCUT2D eigenvalue weighted by Crippen LogP contribution is -2.42. The van der Waals surface area contributed by atoms with Crippen LogP contribution in [0, 0.1) is 11.2 Å². The monoisotopic (exact) mass is 268 g/mol. The molecule has 0 fully saturated rings. The van der Waals surface area contributed by atoms with Crippen molar-refractivity contribution >= 4 is 5.91 Å². The highest BCUT2D eigenvalue weighted by atomic mass is 19.1. The zero-order valence-corrected chi connectivity index (χ0v) is 11.9. The average molecular weight is 268 g/mol. The van der Waals surface area contributed by atoms with E-state index >= 15 is 0 Å². The number of halogens is 1. The number of hydrogen-bond donors (Lipinski definition) is 1. The summed E-state index contributed by atoms with van der Waals surface area (Å²) in [6.45, 7) is 4.19. The van der Waals surface area contributed by atoms with E-state index in [9.17, 15) is 9.18 Å². The number of ether oxygens (including phenoxy) is 1. The third-order valence-electron chi connectivity index (χ3n) is 3.07. The number of carbonyl (C=O) groups is 1. The van der Waals surface area contributed by atoms with Gasteiger partial charge in [-0.05, 0) is 31.5 Å². The van der Waals surface area contributed by atoms with Crippen molar-refractivity contribution in [3.63, 3.8) is 0 Å². The molecule has 0 saturated carbocycles. The standard InChI is InChI=1S/C14H21FN2O2/c1-14(2,9-16)13(18)17(3)8-10-5-6-12(19-4)11(15)7-10/h5-7H,8-9,16H2,1-4H3. The summed E-state index contributed by atoms with van der Waals surface area (Å²) in [6, 6.07) is 4.66. The molecule has 0 unspecified atom stereocenters. The molecule has 5 heteroatoms. The first-order valence-electron chi connectivity index (χ1n) is 6.10. The van der Waals surface area contributed by atoms with E-state index in [0.717, 1.165) is 0 Å². The van der Waals surface area contributed by atoms with Gasteiger partial charge in [0.1, 0.15) is 0 Å². The number of nitrogens with zero attached hydrogens (tertiary/aromatic N) is 1. The van der Waals surface area contributed by atoms with Crippen molar-refractivity contribution in [2.45, 2.75) is 20.4 Å². The number of carbonyl (C=O) groups excluding carboxylic acids is 1. The van der Waals surface area contributed by atoms with E-state index < -0.39 is 11.2 Å². The zero-order valence-electron chi connectivity index (χ0n) is 11.9. The van der Waals surface area contributed by atoms with Crippen LogP contribution >= 0.6 is 0 Å². The summed E-state index contributed by atoms with van der Waals surface area (Å²) >= 11 is 0. The maximum Gasteiger partial charge on any atom is 0.229 e. The van der Waals surface area contributed by atoms with Gasteiger partial charge in [0.15, 0.2) is 11.6 Å². The molecule has 0 atom stereocenters. The molecule has 19 heavy (non-hydrogen) atoms. The molecule has 0 aromatic heterocycles. The largest absolute Gasteiger partial charge is 0.494 e. The Morgan fingerprint density at radius 2 is 2.11 bits per heavy atom. The van der Waals surface area contributed by atoms with Crippen LogP contribution in [0.4, 0.5) is 4.39 Å². The molecule has 1 amide bonds. The van der Waals surface area contributed by atoms with E-state index in [4.69, 9.17) is 10.5 Å². The number of benzene rings is 1. The highest BCUT2D eigenvalue weighted by Gasteiger charge is 2.28. The Hall–Kier alpha value is -1.62. The first-order chi connectivity index (χ1) is 8.81. The van der Waals surface area contributed by atoms with Crippen LogP contribution in [0.25, 0.3) is 0 Å². The minimum absolute atomic E-state index is 0.0637. The first kappa shape index (κ1) is 15.4. The fourth-order valence-electron chi connectivity index (χ4n) is 1.76. The SMILES string of the molecule is COc1ccc(CN(C)C(=O)C(C)(C)CN)cc1F. The van der Waals surface area contributed by atoms with Gasteiger partial charge >= 0.3 is 0 Å². The summed E-state index contributed by atoms with van der Waals surface area (Å²) in [5.74, 6) is -0.301. The lowest BCUT2D eigenvalue weighted by Gasteiger charge is -2.28. The van der Waals surface area contributed by atoms with E-state index in [1.807, 2.05) is 0 Å². The van der Waals surface area contributed by atoms with Crippen molar-refractivity contribution in [2.24, 2.45) is 11.1 Å². The third-order valence-corrected chi connectivity index (χ3v) is 3.07. The van der Waals surface area contributed by atoms with Gasteiger partial charge in [0.05, 0.1) is 12.5 Å². The van der Waals surface area contributed by atoms with Crippen molar-refractivity contribution < 1.29 is 13.9 Å². The molecule has 0 spiro atoms. The van der Waals surface area contributed by atoms with Gasteiger partial charge < -0.3 is 15.4 Å². The molecule has 0 radical (unpaired) electrons. The van der Waals surface area contributed by atoms with E-state index in [2.05, 4.69) is 0 Å². The molecule has 0 saturated heterocycles. The molecule has 4 nitrogen and oxygen atoms in total. The molecule has 106 valence electrons. The summed E-state index contributed by atoms with van der Waals surface area (Å²) < 4.78 is 18.4. The summed E-state index contributed by atoms with van der Waals surface area (Å²) in [5, 5.41) is 0. The van der Waals surface area contributed by atoms with Crippen LogP contribution in [-0.4, -0.2) is 31.5 Å². The topological polar surface area (TPSA) is 55.6 Å². The number of nitrogens with two attached hydrogens (primary N) is 1. The second-order valence-electron chi connectivity index (χ2n) is 5.22. The summed E-state index contributed by atoms with van der Waals surface area (Å²) in [5.41, 5.74) is 5.68. The number of hydrogen-bond acceptors (Lipinski definition) is 3. The molecule has 1 aromatic rings. The van der Waals surface area contributed by atoms with Crippen molar-refractivity contribution in [3.05, 3.63) is 29.6 Å². The number of rotatable bonds is 5. The van der Waals surface area contributed by atoms with Crippen molar-refractivity contribution in [1.82, 2.24) is 4.90 Å². The van der Waals surface area contributed by atoms with E-state index in [-0.39, 0.29) is 18.2 Å². The predicted octanol–water partition coefficient (Wildman–Crippen LogP) is 1.78. The average Bonchev–Trinajstić information content (AvgIpc) is 2.38. The van der Waals surface area contributed by atoms with Crippen LogP contribution in [0.2, 0.25) is 0 Å². The molecule has 0 bridgehead atoms. The maximum absolute atomic E-state index is 13.6. The van der Waals surface area contributed by atoms with E-state index in [1.54, 1.807) is 37.9 Å². The van der Waals surface area contributed by atoms with Crippen molar-refractivity contribution in [1.29, 1.82) is 0 Å². The summed E-state index contributed by atoms with van der Waals surface area (Å²) in [6.07, 6.45) is 0. The second kappa shape index (κ2) is 6.02. The lowest BCUT2D eigenvalue weighted by molar-refractivity contribution is -0.139. The molecule has 2 N–H and O–H groups in total. The number of methoxy groups -OCH3 is 1. The highest BCUT2D eigenvalue weighted by molar-refractivity contribution is 5.81. The molecule has 0 aliphatic rings.